The second-order valence-electron chi connectivity index (χ2n) is 8.37. The van der Waals surface area contributed by atoms with Gasteiger partial charge in [0.1, 0.15) is 5.69 Å². The van der Waals surface area contributed by atoms with Crippen LogP contribution in [0.3, 0.4) is 0 Å². The van der Waals surface area contributed by atoms with Gasteiger partial charge in [0, 0.05) is 31.4 Å². The van der Waals surface area contributed by atoms with Crippen molar-refractivity contribution in [3.8, 4) is 16.9 Å². The Balaban J connectivity index is 1.66. The molecule has 32 heavy (non-hydrogen) atoms. The molecule has 0 bridgehead atoms. The molecule has 1 aliphatic heterocycles. The molecule has 1 saturated heterocycles. The first-order chi connectivity index (χ1) is 15.3. The lowest BCUT2D eigenvalue weighted by Gasteiger charge is -2.32. The van der Waals surface area contributed by atoms with Crippen molar-refractivity contribution in [3.05, 3.63) is 71.9 Å². The summed E-state index contributed by atoms with van der Waals surface area (Å²) in [7, 11) is -3.25. The molecule has 1 atom stereocenters. The Labute approximate surface area is 189 Å². The number of piperidine rings is 1. The number of hydrogen-bond acceptors (Lipinski definition) is 4. The van der Waals surface area contributed by atoms with Crippen LogP contribution in [0.25, 0.3) is 16.9 Å². The standard InChI is InChI=1S/C24H28N4O3S/c1-18-9-6-7-13-21(18)23-22(17-28(26-23)20-11-4-3-5-12-20)24(29)27-14-8-10-19(16-27)15-25-32(2,30)31/h3-7,9,11-13,17,19,25H,8,10,14-16H2,1-2H3. The molecule has 1 unspecified atom stereocenters. The highest BCUT2D eigenvalue weighted by molar-refractivity contribution is 7.88. The van der Waals surface area contributed by atoms with Crippen molar-refractivity contribution >= 4 is 15.9 Å². The summed E-state index contributed by atoms with van der Waals surface area (Å²) in [6, 6.07) is 17.7. The summed E-state index contributed by atoms with van der Waals surface area (Å²) in [6.07, 6.45) is 4.69. The average Bonchev–Trinajstić information content (AvgIpc) is 3.23. The van der Waals surface area contributed by atoms with E-state index < -0.39 is 10.0 Å². The highest BCUT2D eigenvalue weighted by atomic mass is 32.2. The first kappa shape index (κ1) is 22.2. The fourth-order valence-electron chi connectivity index (χ4n) is 4.14. The number of carbonyl (C=O) groups excluding carboxylic acids is 1. The smallest absolute Gasteiger partial charge is 0.257 e. The van der Waals surface area contributed by atoms with Gasteiger partial charge in [-0.3, -0.25) is 4.79 Å². The normalized spacial score (nSPS) is 16.8. The van der Waals surface area contributed by atoms with Crippen LogP contribution in [0, 0.1) is 12.8 Å². The maximum Gasteiger partial charge on any atom is 0.257 e. The number of para-hydroxylation sites is 1. The van der Waals surface area contributed by atoms with Crippen molar-refractivity contribution in [2.24, 2.45) is 5.92 Å². The zero-order valence-electron chi connectivity index (χ0n) is 18.4. The molecule has 8 heteroatoms. The number of hydrogen-bond donors (Lipinski definition) is 1. The number of benzene rings is 2. The summed E-state index contributed by atoms with van der Waals surface area (Å²) in [5, 5.41) is 4.79. The van der Waals surface area contributed by atoms with Gasteiger partial charge in [-0.25, -0.2) is 17.8 Å². The van der Waals surface area contributed by atoms with Crippen molar-refractivity contribution in [1.82, 2.24) is 19.4 Å². The van der Waals surface area contributed by atoms with Crippen molar-refractivity contribution in [3.63, 3.8) is 0 Å². The average molecular weight is 453 g/mol. The number of nitrogens with zero attached hydrogens (tertiary/aromatic N) is 3. The van der Waals surface area contributed by atoms with E-state index in [2.05, 4.69) is 4.72 Å². The number of aromatic nitrogens is 2. The summed E-state index contributed by atoms with van der Waals surface area (Å²) >= 11 is 0. The van der Waals surface area contributed by atoms with Crippen LogP contribution < -0.4 is 4.72 Å². The second kappa shape index (κ2) is 9.26. The molecule has 1 amide bonds. The molecule has 2 heterocycles. The first-order valence-corrected chi connectivity index (χ1v) is 12.7. The van der Waals surface area contributed by atoms with Crippen molar-refractivity contribution in [2.75, 3.05) is 25.9 Å². The van der Waals surface area contributed by atoms with E-state index in [0.717, 1.165) is 35.9 Å². The van der Waals surface area contributed by atoms with Crippen LogP contribution in [-0.4, -0.2) is 54.9 Å². The molecular formula is C24H28N4O3S. The molecular weight excluding hydrogens is 424 g/mol. The third kappa shape index (κ3) is 5.08. The molecule has 0 saturated carbocycles. The Kier molecular flexibility index (Phi) is 6.43. The molecule has 168 valence electrons. The van der Waals surface area contributed by atoms with Crippen molar-refractivity contribution in [2.45, 2.75) is 19.8 Å². The van der Waals surface area contributed by atoms with Crippen molar-refractivity contribution in [1.29, 1.82) is 0 Å². The van der Waals surface area contributed by atoms with Gasteiger partial charge in [-0.15, -0.1) is 0 Å². The molecule has 7 nitrogen and oxygen atoms in total. The number of rotatable bonds is 6. The van der Waals surface area contributed by atoms with Gasteiger partial charge < -0.3 is 4.90 Å². The van der Waals surface area contributed by atoms with E-state index in [9.17, 15) is 13.2 Å². The molecule has 0 radical (unpaired) electrons. The second-order valence-corrected chi connectivity index (χ2v) is 10.2. The quantitative estimate of drug-likeness (QED) is 0.622. The molecule has 1 N–H and O–H groups in total. The number of aryl methyl sites for hydroxylation is 1. The Morgan fingerprint density at radius 1 is 1.12 bits per heavy atom. The van der Waals surface area contributed by atoms with E-state index in [1.165, 1.54) is 0 Å². The summed E-state index contributed by atoms with van der Waals surface area (Å²) in [5.41, 5.74) is 4.08. The SMILES string of the molecule is Cc1ccccc1-c1nn(-c2ccccc2)cc1C(=O)N1CCCC(CNS(C)(=O)=O)C1. The molecule has 2 aromatic carbocycles. The van der Waals surface area contributed by atoms with Crippen LogP contribution in [0.15, 0.2) is 60.8 Å². The van der Waals surface area contributed by atoms with E-state index in [1.807, 2.05) is 66.4 Å². The molecule has 4 rings (SSSR count). The van der Waals surface area contributed by atoms with Crippen LogP contribution in [0.5, 0.6) is 0 Å². The number of likely N-dealkylation sites (tertiary alicyclic amines) is 1. The Bertz CT molecular complexity index is 1200. The minimum Gasteiger partial charge on any atom is -0.338 e. The number of sulfonamides is 1. The molecule has 3 aromatic rings. The van der Waals surface area contributed by atoms with E-state index >= 15 is 0 Å². The van der Waals surface area contributed by atoms with Gasteiger partial charge in [0.25, 0.3) is 5.91 Å². The lowest BCUT2D eigenvalue weighted by molar-refractivity contribution is 0.0677. The maximum atomic E-state index is 13.6. The molecule has 0 aliphatic carbocycles. The van der Waals surface area contributed by atoms with Gasteiger partial charge in [0.2, 0.25) is 10.0 Å². The first-order valence-electron chi connectivity index (χ1n) is 10.8. The van der Waals surface area contributed by atoms with E-state index in [1.54, 1.807) is 10.9 Å². The van der Waals surface area contributed by atoms with Crippen LogP contribution >= 0.6 is 0 Å². The fraction of sp³-hybridized carbons (Fsp3) is 0.333. The van der Waals surface area contributed by atoms with Gasteiger partial charge in [-0.1, -0.05) is 42.5 Å². The number of nitrogens with one attached hydrogen (secondary N) is 1. The van der Waals surface area contributed by atoms with E-state index in [-0.39, 0.29) is 11.8 Å². The molecule has 1 aliphatic rings. The number of carbonyl (C=O) groups is 1. The highest BCUT2D eigenvalue weighted by Gasteiger charge is 2.28. The van der Waals surface area contributed by atoms with Gasteiger partial charge in [0.05, 0.1) is 17.5 Å². The van der Waals surface area contributed by atoms with Gasteiger partial charge in [-0.2, -0.15) is 5.10 Å². The topological polar surface area (TPSA) is 84.3 Å². The van der Waals surface area contributed by atoms with E-state index in [0.29, 0.717) is 30.9 Å². The summed E-state index contributed by atoms with van der Waals surface area (Å²) < 4.78 is 27.3. The lowest BCUT2D eigenvalue weighted by atomic mass is 9.97. The molecule has 1 aromatic heterocycles. The van der Waals surface area contributed by atoms with Gasteiger partial charge >= 0.3 is 0 Å². The lowest BCUT2D eigenvalue weighted by Crippen LogP contribution is -2.43. The van der Waals surface area contributed by atoms with Gasteiger partial charge in [-0.05, 0) is 43.4 Å². The predicted octanol–water partition coefficient (Wildman–Crippen LogP) is 3.25. The zero-order chi connectivity index (χ0) is 22.7. The minimum absolute atomic E-state index is 0.0745. The fourth-order valence-corrected chi connectivity index (χ4v) is 4.68. The monoisotopic (exact) mass is 452 g/mol. The highest BCUT2D eigenvalue weighted by Crippen LogP contribution is 2.29. The third-order valence-corrected chi connectivity index (χ3v) is 6.50. The predicted molar refractivity (Wildman–Crippen MR) is 125 cm³/mol. The largest absolute Gasteiger partial charge is 0.338 e. The van der Waals surface area contributed by atoms with E-state index in [4.69, 9.17) is 5.10 Å². The van der Waals surface area contributed by atoms with Crippen molar-refractivity contribution < 1.29 is 13.2 Å². The summed E-state index contributed by atoms with van der Waals surface area (Å²) in [4.78, 5) is 15.5. The summed E-state index contributed by atoms with van der Waals surface area (Å²) in [5.74, 6) is 0.0167. The van der Waals surface area contributed by atoms with Gasteiger partial charge in [0.15, 0.2) is 0 Å². The molecule has 1 fully saturated rings. The Morgan fingerprint density at radius 2 is 1.84 bits per heavy atom. The zero-order valence-corrected chi connectivity index (χ0v) is 19.2. The van der Waals surface area contributed by atoms with Crippen LogP contribution in [0.1, 0.15) is 28.8 Å². The van der Waals surface area contributed by atoms with Crippen LogP contribution in [0.2, 0.25) is 0 Å². The summed E-state index contributed by atoms with van der Waals surface area (Å²) in [6.45, 7) is 3.53. The maximum absolute atomic E-state index is 13.6. The Morgan fingerprint density at radius 3 is 2.56 bits per heavy atom. The van der Waals surface area contributed by atoms with Crippen LogP contribution in [0.4, 0.5) is 0 Å². The number of amides is 1. The third-order valence-electron chi connectivity index (χ3n) is 5.81. The minimum atomic E-state index is -3.25. The van der Waals surface area contributed by atoms with Crippen LogP contribution in [-0.2, 0) is 10.0 Å². The molecule has 0 spiro atoms. The Hall–Kier alpha value is -2.97.